The lowest BCUT2D eigenvalue weighted by Gasteiger charge is -2.12. The highest BCUT2D eigenvalue weighted by atomic mass is 19.4. The van der Waals surface area contributed by atoms with Gasteiger partial charge in [-0.25, -0.2) is 4.98 Å². The molecule has 0 saturated carbocycles. The number of hydrogen-bond acceptors (Lipinski definition) is 7. The molecule has 0 aliphatic heterocycles. The predicted octanol–water partition coefficient (Wildman–Crippen LogP) is 2.94. The fraction of sp³-hybridized carbons (Fsp3) is 0.154. The summed E-state index contributed by atoms with van der Waals surface area (Å²) < 4.78 is 48.7. The highest BCUT2D eigenvalue weighted by Crippen LogP contribution is 2.34. The van der Waals surface area contributed by atoms with Crippen LogP contribution in [-0.4, -0.2) is 15.2 Å². The summed E-state index contributed by atoms with van der Waals surface area (Å²) in [5, 5.41) is 9.91. The molecule has 10 heteroatoms. The predicted molar refractivity (Wildman–Crippen MR) is 73.0 cm³/mol. The van der Waals surface area contributed by atoms with Gasteiger partial charge in [0.25, 0.3) is 5.89 Å². The van der Waals surface area contributed by atoms with Crippen LogP contribution in [0, 0.1) is 0 Å². The molecule has 3 aromatic rings. The smallest absolute Gasteiger partial charge is 0.417 e. The van der Waals surface area contributed by atoms with Gasteiger partial charge in [-0.2, -0.15) is 13.2 Å². The van der Waals surface area contributed by atoms with Gasteiger partial charge in [0.2, 0.25) is 0 Å². The molecule has 3 N–H and O–H groups in total. The minimum absolute atomic E-state index is 0.0637. The molecule has 0 amide bonds. The molecular formula is C13H10F3N5O2. The number of nitrogens with one attached hydrogen (secondary N) is 1. The van der Waals surface area contributed by atoms with Crippen LogP contribution in [0.4, 0.5) is 24.9 Å². The quantitative estimate of drug-likeness (QED) is 0.760. The van der Waals surface area contributed by atoms with Gasteiger partial charge in [-0.1, -0.05) is 5.10 Å². The first-order valence-electron chi connectivity index (χ1n) is 6.36. The van der Waals surface area contributed by atoms with Crippen LogP contribution in [0.15, 0.2) is 39.5 Å². The lowest BCUT2D eigenvalue weighted by Crippen LogP contribution is -2.09. The van der Waals surface area contributed by atoms with Gasteiger partial charge in [0, 0.05) is 6.20 Å². The van der Waals surface area contributed by atoms with Crippen LogP contribution in [0.2, 0.25) is 0 Å². The molecule has 3 aromatic heterocycles. The molecule has 3 rings (SSSR count). The normalized spacial score (nSPS) is 11.6. The Kier molecular flexibility index (Phi) is 3.64. The Labute approximate surface area is 127 Å². The minimum Gasteiger partial charge on any atom is -0.467 e. The largest absolute Gasteiger partial charge is 0.467 e. The van der Waals surface area contributed by atoms with Crippen LogP contribution in [-0.2, 0) is 12.7 Å². The second-order valence-corrected chi connectivity index (χ2v) is 4.50. The Morgan fingerprint density at radius 3 is 2.70 bits per heavy atom. The molecule has 23 heavy (non-hydrogen) atoms. The van der Waals surface area contributed by atoms with E-state index in [9.17, 15) is 13.2 Å². The SMILES string of the molecule is Nc1nnc(-c2ncc(C(F)(F)F)cc2NCc2ccco2)o1. The van der Waals surface area contributed by atoms with E-state index in [0.717, 1.165) is 6.07 Å². The maximum absolute atomic E-state index is 12.9. The molecular weight excluding hydrogens is 315 g/mol. The number of aromatic nitrogens is 3. The van der Waals surface area contributed by atoms with Crippen molar-refractivity contribution < 1.29 is 22.0 Å². The van der Waals surface area contributed by atoms with Crippen molar-refractivity contribution >= 4 is 11.7 Å². The van der Waals surface area contributed by atoms with E-state index in [1.54, 1.807) is 12.1 Å². The summed E-state index contributed by atoms with van der Waals surface area (Å²) in [5.74, 6) is 0.455. The molecule has 0 spiro atoms. The molecule has 3 heterocycles. The lowest BCUT2D eigenvalue weighted by atomic mass is 10.2. The van der Waals surface area contributed by atoms with Gasteiger partial charge in [-0.15, -0.1) is 5.10 Å². The molecule has 0 bridgehead atoms. The van der Waals surface area contributed by atoms with E-state index in [0.29, 0.717) is 12.0 Å². The number of hydrogen-bond donors (Lipinski definition) is 2. The van der Waals surface area contributed by atoms with E-state index in [1.165, 1.54) is 6.26 Å². The van der Waals surface area contributed by atoms with Crippen LogP contribution in [0.25, 0.3) is 11.6 Å². The van der Waals surface area contributed by atoms with Gasteiger partial charge in [0.1, 0.15) is 5.76 Å². The van der Waals surface area contributed by atoms with Crippen LogP contribution in [0.1, 0.15) is 11.3 Å². The average Bonchev–Trinajstić information content (AvgIpc) is 3.15. The zero-order valence-electron chi connectivity index (χ0n) is 11.5. The van der Waals surface area contributed by atoms with Gasteiger partial charge < -0.3 is 19.9 Å². The number of furan rings is 1. The second-order valence-electron chi connectivity index (χ2n) is 4.50. The maximum atomic E-state index is 12.9. The van der Waals surface area contributed by atoms with Crippen molar-refractivity contribution in [2.45, 2.75) is 12.7 Å². The van der Waals surface area contributed by atoms with Crippen molar-refractivity contribution in [1.29, 1.82) is 0 Å². The fourth-order valence-electron chi connectivity index (χ4n) is 1.85. The van der Waals surface area contributed by atoms with Crippen molar-refractivity contribution in [2.75, 3.05) is 11.1 Å². The summed E-state index contributed by atoms with van der Waals surface area (Å²) >= 11 is 0. The van der Waals surface area contributed by atoms with Crippen LogP contribution < -0.4 is 11.1 Å². The number of nitrogens with zero attached hydrogens (tertiary/aromatic N) is 3. The number of halogens is 3. The van der Waals surface area contributed by atoms with Gasteiger partial charge in [0.15, 0.2) is 5.69 Å². The highest BCUT2D eigenvalue weighted by molar-refractivity contribution is 5.69. The zero-order valence-corrected chi connectivity index (χ0v) is 11.5. The third-order valence-corrected chi connectivity index (χ3v) is 2.89. The van der Waals surface area contributed by atoms with Crippen molar-refractivity contribution in [3.63, 3.8) is 0 Å². The van der Waals surface area contributed by atoms with Crippen molar-refractivity contribution in [3.8, 4) is 11.6 Å². The number of pyridine rings is 1. The van der Waals surface area contributed by atoms with Gasteiger partial charge in [-0.05, 0) is 18.2 Å². The first-order valence-corrected chi connectivity index (χ1v) is 6.36. The zero-order chi connectivity index (χ0) is 16.4. The van der Waals surface area contributed by atoms with Crippen molar-refractivity contribution in [2.24, 2.45) is 0 Å². The van der Waals surface area contributed by atoms with Crippen LogP contribution >= 0.6 is 0 Å². The van der Waals surface area contributed by atoms with E-state index in [-0.39, 0.29) is 29.8 Å². The second kappa shape index (κ2) is 5.63. The summed E-state index contributed by atoms with van der Waals surface area (Å²) in [6.07, 6.45) is -2.38. The van der Waals surface area contributed by atoms with Gasteiger partial charge >= 0.3 is 12.2 Å². The third-order valence-electron chi connectivity index (χ3n) is 2.89. The monoisotopic (exact) mass is 325 g/mol. The molecule has 0 fully saturated rings. The molecule has 0 radical (unpaired) electrons. The first-order chi connectivity index (χ1) is 10.9. The third kappa shape index (κ3) is 3.25. The topological polar surface area (TPSA) is 103 Å². The van der Waals surface area contributed by atoms with Crippen molar-refractivity contribution in [3.05, 3.63) is 42.0 Å². The number of rotatable bonds is 4. The molecule has 0 aliphatic rings. The fourth-order valence-corrected chi connectivity index (χ4v) is 1.85. The van der Waals surface area contributed by atoms with E-state index in [1.807, 2.05) is 0 Å². The Morgan fingerprint density at radius 1 is 1.26 bits per heavy atom. The van der Waals surface area contributed by atoms with Gasteiger partial charge in [0.05, 0.1) is 24.1 Å². The molecule has 0 aliphatic carbocycles. The number of nitrogen functional groups attached to an aromatic ring is 1. The summed E-state index contributed by atoms with van der Waals surface area (Å²) in [5.41, 5.74) is 4.56. The van der Waals surface area contributed by atoms with Crippen LogP contribution in [0.3, 0.4) is 0 Å². The number of anilines is 2. The van der Waals surface area contributed by atoms with E-state index in [4.69, 9.17) is 14.6 Å². The summed E-state index contributed by atoms with van der Waals surface area (Å²) in [6, 6.07) is 4.05. The highest BCUT2D eigenvalue weighted by Gasteiger charge is 2.32. The Balaban J connectivity index is 1.97. The summed E-state index contributed by atoms with van der Waals surface area (Å²) in [4.78, 5) is 3.76. The maximum Gasteiger partial charge on any atom is 0.417 e. The molecule has 0 saturated heterocycles. The van der Waals surface area contributed by atoms with E-state index >= 15 is 0 Å². The molecule has 0 aromatic carbocycles. The van der Waals surface area contributed by atoms with Crippen LogP contribution in [0.5, 0.6) is 0 Å². The average molecular weight is 325 g/mol. The standard InChI is InChI=1S/C13H10F3N5O2/c14-13(15,16)7-4-9(18-6-8-2-1-3-22-8)10(19-5-7)11-20-21-12(17)23-11/h1-5,18H,6H2,(H2,17,21). The number of alkyl halides is 3. The summed E-state index contributed by atoms with van der Waals surface area (Å²) in [6.45, 7) is 0.159. The molecule has 7 nitrogen and oxygen atoms in total. The summed E-state index contributed by atoms with van der Waals surface area (Å²) in [7, 11) is 0. The molecule has 0 atom stereocenters. The van der Waals surface area contributed by atoms with E-state index in [2.05, 4.69) is 20.5 Å². The molecule has 0 unspecified atom stereocenters. The molecule has 120 valence electrons. The van der Waals surface area contributed by atoms with E-state index < -0.39 is 11.7 Å². The Bertz CT molecular complexity index is 798. The first kappa shape index (κ1) is 14.9. The number of nitrogens with two attached hydrogens (primary N) is 1. The van der Waals surface area contributed by atoms with Crippen molar-refractivity contribution in [1.82, 2.24) is 15.2 Å². The minimum atomic E-state index is -4.53. The Morgan fingerprint density at radius 2 is 2.09 bits per heavy atom. The van der Waals surface area contributed by atoms with Gasteiger partial charge in [-0.3, -0.25) is 0 Å². The Hall–Kier alpha value is -3.04. The lowest BCUT2D eigenvalue weighted by molar-refractivity contribution is -0.137.